The highest BCUT2D eigenvalue weighted by atomic mass is 14.9. The predicted octanol–water partition coefficient (Wildman–Crippen LogP) is 4.05. The van der Waals surface area contributed by atoms with Gasteiger partial charge in [-0.25, -0.2) is 0 Å². The Morgan fingerprint density at radius 1 is 1.11 bits per heavy atom. The number of nitrogens with two attached hydrogens (primary N) is 1. The molecule has 102 valence electrons. The number of nitrogens with one attached hydrogen (secondary N) is 1. The van der Waals surface area contributed by atoms with Crippen molar-refractivity contribution in [2.75, 3.05) is 18.4 Å². The van der Waals surface area contributed by atoms with E-state index in [0.29, 0.717) is 5.92 Å². The normalized spacial score (nSPS) is 10.9. The van der Waals surface area contributed by atoms with Crippen LogP contribution >= 0.6 is 0 Å². The summed E-state index contributed by atoms with van der Waals surface area (Å²) in [7, 11) is 0. The smallest absolute Gasteiger partial charge is 0.0343 e. The van der Waals surface area contributed by atoms with Crippen LogP contribution in [0.1, 0.15) is 56.6 Å². The maximum Gasteiger partial charge on any atom is 0.0343 e. The standard InChI is InChI=1S/C16H28N2/c1-13(2)16-9-8-15(12-14(16)3)18-11-7-5-4-6-10-17/h8-9,12-13,18H,4-7,10-11,17H2,1-3H3. The van der Waals surface area contributed by atoms with Gasteiger partial charge < -0.3 is 11.1 Å². The molecule has 0 aliphatic heterocycles. The second-order valence-electron chi connectivity index (χ2n) is 5.36. The lowest BCUT2D eigenvalue weighted by Gasteiger charge is -2.12. The molecule has 2 heteroatoms. The van der Waals surface area contributed by atoms with Crippen LogP contribution in [0.5, 0.6) is 0 Å². The zero-order chi connectivity index (χ0) is 13.4. The van der Waals surface area contributed by atoms with E-state index in [1.54, 1.807) is 0 Å². The Bertz CT molecular complexity index is 345. The molecular formula is C16H28N2. The minimum Gasteiger partial charge on any atom is -0.385 e. The van der Waals surface area contributed by atoms with Crippen LogP contribution in [-0.2, 0) is 0 Å². The summed E-state index contributed by atoms with van der Waals surface area (Å²) in [5.41, 5.74) is 9.55. The number of rotatable bonds is 8. The highest BCUT2D eigenvalue weighted by Gasteiger charge is 2.03. The van der Waals surface area contributed by atoms with Crippen LogP contribution in [0, 0.1) is 6.92 Å². The van der Waals surface area contributed by atoms with E-state index in [9.17, 15) is 0 Å². The second kappa shape index (κ2) is 8.15. The summed E-state index contributed by atoms with van der Waals surface area (Å²) in [5.74, 6) is 0.607. The fraction of sp³-hybridized carbons (Fsp3) is 0.625. The zero-order valence-corrected chi connectivity index (χ0v) is 12.1. The summed E-state index contributed by atoms with van der Waals surface area (Å²) in [6.45, 7) is 8.57. The summed E-state index contributed by atoms with van der Waals surface area (Å²) in [4.78, 5) is 0. The van der Waals surface area contributed by atoms with Crippen molar-refractivity contribution in [3.63, 3.8) is 0 Å². The first-order valence-electron chi connectivity index (χ1n) is 7.19. The molecule has 3 N–H and O–H groups in total. The molecule has 0 aliphatic carbocycles. The summed E-state index contributed by atoms with van der Waals surface area (Å²) < 4.78 is 0. The Hall–Kier alpha value is -1.02. The molecule has 0 saturated heterocycles. The van der Waals surface area contributed by atoms with E-state index in [2.05, 4.69) is 44.3 Å². The SMILES string of the molecule is Cc1cc(NCCCCCCN)ccc1C(C)C. The van der Waals surface area contributed by atoms with Crippen molar-refractivity contribution in [1.82, 2.24) is 0 Å². The number of benzene rings is 1. The summed E-state index contributed by atoms with van der Waals surface area (Å²) in [6, 6.07) is 6.70. The monoisotopic (exact) mass is 248 g/mol. The van der Waals surface area contributed by atoms with Gasteiger partial charge in [0.1, 0.15) is 0 Å². The molecule has 1 rings (SSSR count). The first-order chi connectivity index (χ1) is 8.65. The van der Waals surface area contributed by atoms with Gasteiger partial charge in [-0.05, 0) is 55.5 Å². The van der Waals surface area contributed by atoms with Crippen LogP contribution in [0.15, 0.2) is 18.2 Å². The van der Waals surface area contributed by atoms with Gasteiger partial charge in [-0.2, -0.15) is 0 Å². The molecule has 0 atom stereocenters. The van der Waals surface area contributed by atoms with Crippen LogP contribution in [0.2, 0.25) is 0 Å². The topological polar surface area (TPSA) is 38.0 Å². The Balaban J connectivity index is 2.33. The molecule has 0 aromatic heterocycles. The van der Waals surface area contributed by atoms with Crippen LogP contribution in [0.25, 0.3) is 0 Å². The molecular weight excluding hydrogens is 220 g/mol. The van der Waals surface area contributed by atoms with Crippen molar-refractivity contribution < 1.29 is 0 Å². The van der Waals surface area contributed by atoms with Gasteiger partial charge in [0.2, 0.25) is 0 Å². The Morgan fingerprint density at radius 2 is 1.83 bits per heavy atom. The summed E-state index contributed by atoms with van der Waals surface area (Å²) in [6.07, 6.45) is 4.91. The highest BCUT2D eigenvalue weighted by molar-refractivity contribution is 5.49. The van der Waals surface area contributed by atoms with Crippen molar-refractivity contribution in [3.05, 3.63) is 29.3 Å². The van der Waals surface area contributed by atoms with E-state index in [0.717, 1.165) is 19.5 Å². The number of unbranched alkanes of at least 4 members (excludes halogenated alkanes) is 3. The first-order valence-corrected chi connectivity index (χ1v) is 7.19. The lowest BCUT2D eigenvalue weighted by molar-refractivity contribution is 0.661. The summed E-state index contributed by atoms with van der Waals surface area (Å²) in [5, 5.41) is 3.50. The van der Waals surface area contributed by atoms with Gasteiger partial charge in [0, 0.05) is 12.2 Å². The van der Waals surface area contributed by atoms with E-state index in [4.69, 9.17) is 5.73 Å². The number of hydrogen-bond acceptors (Lipinski definition) is 2. The van der Waals surface area contributed by atoms with E-state index in [-0.39, 0.29) is 0 Å². The third-order valence-electron chi connectivity index (χ3n) is 3.35. The van der Waals surface area contributed by atoms with Crippen molar-refractivity contribution in [2.24, 2.45) is 5.73 Å². The Labute approximate surface area is 112 Å². The van der Waals surface area contributed by atoms with Crippen molar-refractivity contribution >= 4 is 5.69 Å². The van der Waals surface area contributed by atoms with Gasteiger partial charge in [-0.1, -0.05) is 32.8 Å². The zero-order valence-electron chi connectivity index (χ0n) is 12.1. The van der Waals surface area contributed by atoms with Crippen LogP contribution < -0.4 is 11.1 Å². The van der Waals surface area contributed by atoms with Crippen molar-refractivity contribution in [3.8, 4) is 0 Å². The molecule has 0 saturated carbocycles. The Kier molecular flexibility index (Phi) is 6.81. The summed E-state index contributed by atoms with van der Waals surface area (Å²) >= 11 is 0. The molecule has 0 spiro atoms. The maximum absolute atomic E-state index is 5.47. The lowest BCUT2D eigenvalue weighted by atomic mass is 9.98. The minimum absolute atomic E-state index is 0.607. The lowest BCUT2D eigenvalue weighted by Crippen LogP contribution is -2.03. The fourth-order valence-corrected chi connectivity index (χ4v) is 2.29. The molecule has 2 nitrogen and oxygen atoms in total. The van der Waals surface area contributed by atoms with Gasteiger partial charge >= 0.3 is 0 Å². The second-order valence-corrected chi connectivity index (χ2v) is 5.36. The number of hydrogen-bond donors (Lipinski definition) is 2. The molecule has 1 aromatic rings. The minimum atomic E-state index is 0.607. The average molecular weight is 248 g/mol. The van der Waals surface area contributed by atoms with Crippen molar-refractivity contribution in [1.29, 1.82) is 0 Å². The van der Waals surface area contributed by atoms with E-state index in [1.807, 2.05) is 0 Å². The highest BCUT2D eigenvalue weighted by Crippen LogP contribution is 2.22. The fourth-order valence-electron chi connectivity index (χ4n) is 2.29. The number of aryl methyl sites for hydroxylation is 1. The van der Waals surface area contributed by atoms with E-state index >= 15 is 0 Å². The van der Waals surface area contributed by atoms with E-state index in [1.165, 1.54) is 36.1 Å². The first kappa shape index (κ1) is 15.0. The third-order valence-corrected chi connectivity index (χ3v) is 3.35. The van der Waals surface area contributed by atoms with Gasteiger partial charge in [-0.15, -0.1) is 0 Å². The molecule has 0 bridgehead atoms. The van der Waals surface area contributed by atoms with Crippen LogP contribution in [0.4, 0.5) is 5.69 Å². The van der Waals surface area contributed by atoms with Crippen molar-refractivity contribution in [2.45, 2.75) is 52.4 Å². The average Bonchev–Trinajstić information content (AvgIpc) is 2.33. The van der Waals surface area contributed by atoms with Crippen LogP contribution in [-0.4, -0.2) is 13.1 Å². The quantitative estimate of drug-likeness (QED) is 0.681. The molecule has 0 fully saturated rings. The van der Waals surface area contributed by atoms with Gasteiger partial charge in [0.15, 0.2) is 0 Å². The van der Waals surface area contributed by atoms with Gasteiger partial charge in [0.25, 0.3) is 0 Å². The molecule has 18 heavy (non-hydrogen) atoms. The molecule has 0 aliphatic rings. The Morgan fingerprint density at radius 3 is 2.44 bits per heavy atom. The maximum atomic E-state index is 5.47. The van der Waals surface area contributed by atoms with Gasteiger partial charge in [0.05, 0.1) is 0 Å². The largest absolute Gasteiger partial charge is 0.385 e. The van der Waals surface area contributed by atoms with E-state index < -0.39 is 0 Å². The predicted molar refractivity (Wildman–Crippen MR) is 81.3 cm³/mol. The third kappa shape index (κ3) is 5.09. The number of anilines is 1. The molecule has 1 aromatic carbocycles. The van der Waals surface area contributed by atoms with Crippen LogP contribution in [0.3, 0.4) is 0 Å². The molecule has 0 heterocycles. The molecule has 0 amide bonds. The molecule has 0 unspecified atom stereocenters. The van der Waals surface area contributed by atoms with Gasteiger partial charge in [-0.3, -0.25) is 0 Å². The molecule has 0 radical (unpaired) electrons.